The highest BCUT2D eigenvalue weighted by Crippen LogP contribution is 2.35. The van der Waals surface area contributed by atoms with Gasteiger partial charge in [-0.25, -0.2) is 0 Å². The Morgan fingerprint density at radius 2 is 0.826 bits per heavy atom. The molecule has 0 aliphatic carbocycles. The summed E-state index contributed by atoms with van der Waals surface area (Å²) in [5, 5.41) is 5.70. The molecule has 2 amide bonds. The molecule has 0 aliphatic rings. The van der Waals surface area contributed by atoms with E-state index in [4.69, 9.17) is 28.4 Å². The van der Waals surface area contributed by atoms with Gasteiger partial charge in [0, 0.05) is 12.2 Å². The molecule has 4 aromatic carbocycles. The van der Waals surface area contributed by atoms with Gasteiger partial charge in [0.1, 0.15) is 11.5 Å². The van der Waals surface area contributed by atoms with Crippen molar-refractivity contribution in [1.29, 1.82) is 0 Å². The maximum atomic E-state index is 12.7. The van der Waals surface area contributed by atoms with Crippen molar-refractivity contribution in [3.05, 3.63) is 96.1 Å². The number of hydrogen-bond donors (Lipinski definition) is 2. The third kappa shape index (κ3) is 8.17. The lowest BCUT2D eigenvalue weighted by Crippen LogP contribution is -2.09. The Kier molecular flexibility index (Phi) is 11.3. The van der Waals surface area contributed by atoms with Gasteiger partial charge in [0.15, 0.2) is 23.0 Å². The van der Waals surface area contributed by atoms with Gasteiger partial charge in [0.25, 0.3) is 0 Å². The number of carbonyl (C=O) groups excluding carboxylic acids is 2. The molecule has 238 valence electrons. The van der Waals surface area contributed by atoms with Gasteiger partial charge < -0.3 is 39.1 Å². The fraction of sp³-hybridized carbons (Fsp3) is 0.167. The molecule has 4 rings (SSSR count). The number of nitrogens with one attached hydrogen (secondary N) is 2. The fourth-order valence-corrected chi connectivity index (χ4v) is 4.55. The largest absolute Gasteiger partial charge is 0.495 e. The molecule has 0 atom stereocenters. The van der Waals surface area contributed by atoms with Crippen molar-refractivity contribution in [1.82, 2.24) is 0 Å². The standard InChI is InChI=1S/C36H36N2O8/c1-41-29-15-7-23(19-33(29)45-5)9-17-35(39)37-27-13-11-25(21-31(27)43-3)26-12-14-28(32(22-26)44-4)38-36(40)18-10-24-8-16-30(42-2)34(20-24)46-6/h7-22H,1-6H3,(H,37,39)(H,38,40)/b17-9+,18-10+. The molecule has 0 fully saturated rings. The zero-order valence-corrected chi connectivity index (χ0v) is 26.5. The molecule has 10 heteroatoms. The van der Waals surface area contributed by atoms with E-state index in [9.17, 15) is 9.59 Å². The van der Waals surface area contributed by atoms with Crippen molar-refractivity contribution in [2.75, 3.05) is 53.3 Å². The molecule has 0 saturated carbocycles. The molecule has 0 spiro atoms. The number of methoxy groups -OCH3 is 6. The average molecular weight is 625 g/mol. The van der Waals surface area contributed by atoms with Gasteiger partial charge in [-0.15, -0.1) is 0 Å². The number of ether oxygens (including phenoxy) is 6. The third-order valence-electron chi connectivity index (χ3n) is 6.92. The maximum absolute atomic E-state index is 12.7. The van der Waals surface area contributed by atoms with Gasteiger partial charge in [0.05, 0.1) is 54.0 Å². The van der Waals surface area contributed by atoms with Gasteiger partial charge in [-0.2, -0.15) is 0 Å². The van der Waals surface area contributed by atoms with E-state index in [0.717, 1.165) is 22.3 Å². The fourth-order valence-electron chi connectivity index (χ4n) is 4.55. The summed E-state index contributed by atoms with van der Waals surface area (Å²) in [6.07, 6.45) is 6.21. The Labute approximate surface area is 268 Å². The number of benzene rings is 4. The molecule has 0 aliphatic heterocycles. The number of rotatable bonds is 13. The first-order chi connectivity index (χ1) is 22.3. The molecule has 10 nitrogen and oxygen atoms in total. The molecular weight excluding hydrogens is 588 g/mol. The van der Waals surface area contributed by atoms with Crippen LogP contribution in [-0.2, 0) is 9.59 Å². The lowest BCUT2D eigenvalue weighted by Gasteiger charge is -2.14. The van der Waals surface area contributed by atoms with Crippen LogP contribution in [-0.4, -0.2) is 54.5 Å². The first kappa shape index (κ1) is 33.0. The number of amides is 2. The van der Waals surface area contributed by atoms with E-state index in [1.54, 1.807) is 77.0 Å². The number of carbonyl (C=O) groups is 2. The van der Waals surface area contributed by atoms with E-state index in [2.05, 4.69) is 10.6 Å². The lowest BCUT2D eigenvalue weighted by atomic mass is 10.0. The van der Waals surface area contributed by atoms with Crippen molar-refractivity contribution in [2.45, 2.75) is 0 Å². The van der Waals surface area contributed by atoms with E-state index in [0.29, 0.717) is 45.9 Å². The summed E-state index contributed by atoms with van der Waals surface area (Å²) in [4.78, 5) is 25.4. The van der Waals surface area contributed by atoms with Crippen molar-refractivity contribution in [2.24, 2.45) is 0 Å². The second-order valence-corrected chi connectivity index (χ2v) is 9.70. The van der Waals surface area contributed by atoms with Gasteiger partial charge >= 0.3 is 0 Å². The summed E-state index contributed by atoms with van der Waals surface area (Å²) < 4.78 is 32.3. The zero-order chi connectivity index (χ0) is 33.1. The second kappa shape index (κ2) is 15.7. The number of hydrogen-bond acceptors (Lipinski definition) is 8. The highest BCUT2D eigenvalue weighted by Gasteiger charge is 2.12. The highest BCUT2D eigenvalue weighted by atomic mass is 16.5. The Morgan fingerprint density at radius 3 is 1.17 bits per heavy atom. The van der Waals surface area contributed by atoms with Crippen LogP contribution in [0.3, 0.4) is 0 Å². The second-order valence-electron chi connectivity index (χ2n) is 9.70. The predicted molar refractivity (Wildman–Crippen MR) is 179 cm³/mol. The van der Waals surface area contributed by atoms with E-state index < -0.39 is 0 Å². The third-order valence-corrected chi connectivity index (χ3v) is 6.92. The smallest absolute Gasteiger partial charge is 0.248 e. The lowest BCUT2D eigenvalue weighted by molar-refractivity contribution is -0.112. The monoisotopic (exact) mass is 624 g/mol. The number of anilines is 2. The molecule has 0 radical (unpaired) electrons. The van der Waals surface area contributed by atoms with Crippen LogP contribution >= 0.6 is 0 Å². The van der Waals surface area contributed by atoms with Gasteiger partial charge in [0.2, 0.25) is 11.8 Å². The molecule has 46 heavy (non-hydrogen) atoms. The molecule has 0 aromatic heterocycles. The Morgan fingerprint density at radius 1 is 0.457 bits per heavy atom. The van der Waals surface area contributed by atoms with E-state index in [1.807, 2.05) is 36.4 Å². The van der Waals surface area contributed by atoms with E-state index >= 15 is 0 Å². The van der Waals surface area contributed by atoms with E-state index in [-0.39, 0.29) is 11.8 Å². The SMILES string of the molecule is COc1cc(-c2ccc(NC(=O)/C=C/c3ccc(OC)c(OC)c3)c(OC)c2)ccc1NC(=O)/C=C/c1ccc(OC)c(OC)c1. The van der Waals surface area contributed by atoms with Crippen molar-refractivity contribution >= 4 is 35.3 Å². The van der Waals surface area contributed by atoms with Crippen LogP contribution in [0.4, 0.5) is 11.4 Å². The summed E-state index contributed by atoms with van der Waals surface area (Å²) in [6, 6.07) is 21.6. The van der Waals surface area contributed by atoms with Crippen molar-refractivity contribution in [3.63, 3.8) is 0 Å². The Balaban J connectivity index is 1.45. The Hall–Kier alpha value is -5.90. The topological polar surface area (TPSA) is 114 Å². The predicted octanol–water partition coefficient (Wildman–Crippen LogP) is 6.71. The van der Waals surface area contributed by atoms with Crippen LogP contribution in [0, 0.1) is 0 Å². The molecular formula is C36H36N2O8. The summed E-state index contributed by atoms with van der Waals surface area (Å²) in [5.41, 5.74) is 4.20. The summed E-state index contributed by atoms with van der Waals surface area (Å²) in [6.45, 7) is 0. The van der Waals surface area contributed by atoms with Crippen molar-refractivity contribution in [3.8, 4) is 45.6 Å². The summed E-state index contributed by atoms with van der Waals surface area (Å²) in [7, 11) is 9.30. The molecule has 0 unspecified atom stereocenters. The van der Waals surface area contributed by atoms with Crippen LogP contribution in [0.5, 0.6) is 34.5 Å². The van der Waals surface area contributed by atoms with Crippen LogP contribution in [0.2, 0.25) is 0 Å². The zero-order valence-electron chi connectivity index (χ0n) is 26.5. The Bertz CT molecular complexity index is 1630. The summed E-state index contributed by atoms with van der Waals surface area (Å²) >= 11 is 0. The van der Waals surface area contributed by atoms with Crippen molar-refractivity contribution < 1.29 is 38.0 Å². The average Bonchev–Trinajstić information content (AvgIpc) is 3.09. The molecule has 2 N–H and O–H groups in total. The van der Waals surface area contributed by atoms with Crippen LogP contribution in [0.15, 0.2) is 84.9 Å². The molecule has 0 saturated heterocycles. The van der Waals surface area contributed by atoms with Crippen LogP contribution < -0.4 is 39.1 Å². The minimum atomic E-state index is -0.331. The molecule has 0 heterocycles. The first-order valence-electron chi connectivity index (χ1n) is 14.1. The summed E-state index contributed by atoms with van der Waals surface area (Å²) in [5.74, 6) is 2.63. The van der Waals surface area contributed by atoms with Gasteiger partial charge in [-0.1, -0.05) is 24.3 Å². The normalized spacial score (nSPS) is 10.8. The van der Waals surface area contributed by atoms with Crippen LogP contribution in [0.25, 0.3) is 23.3 Å². The van der Waals surface area contributed by atoms with E-state index in [1.165, 1.54) is 26.4 Å². The van der Waals surface area contributed by atoms with Gasteiger partial charge in [-0.3, -0.25) is 9.59 Å². The maximum Gasteiger partial charge on any atom is 0.248 e. The first-order valence-corrected chi connectivity index (χ1v) is 14.1. The quantitative estimate of drug-likeness (QED) is 0.158. The molecule has 0 bridgehead atoms. The highest BCUT2D eigenvalue weighted by molar-refractivity contribution is 6.04. The van der Waals surface area contributed by atoms with Gasteiger partial charge in [-0.05, 0) is 82.9 Å². The van der Waals surface area contributed by atoms with Crippen LogP contribution in [0.1, 0.15) is 11.1 Å². The minimum Gasteiger partial charge on any atom is -0.495 e. The molecule has 4 aromatic rings. The minimum absolute atomic E-state index is 0.331.